The number of hydrogen-bond acceptors (Lipinski definition) is 7. The van der Waals surface area contributed by atoms with E-state index in [4.69, 9.17) is 5.73 Å². The SMILES string of the molecule is Cc1ncsc1-c1ccc(CNC(=O)[C@@H]2C[C@@H](O)CN2C(=O)[C@@H](NC(=O)CCCCC(N)=O)C(C)(C)C)cc1. The summed E-state index contributed by atoms with van der Waals surface area (Å²) in [7, 11) is 0. The molecule has 3 rings (SSSR count). The maximum absolute atomic E-state index is 13.6. The van der Waals surface area contributed by atoms with E-state index in [1.54, 1.807) is 11.3 Å². The van der Waals surface area contributed by atoms with Crippen molar-refractivity contribution in [3.63, 3.8) is 0 Å². The Morgan fingerprint density at radius 3 is 2.41 bits per heavy atom. The van der Waals surface area contributed by atoms with Crippen LogP contribution in [0.1, 0.15) is 64.1 Å². The highest BCUT2D eigenvalue weighted by molar-refractivity contribution is 7.13. The molecule has 2 aromatic rings. The van der Waals surface area contributed by atoms with Crippen molar-refractivity contribution in [2.75, 3.05) is 6.54 Å². The second kappa shape index (κ2) is 13.2. The van der Waals surface area contributed by atoms with Gasteiger partial charge in [0, 0.05) is 32.4 Å². The summed E-state index contributed by atoms with van der Waals surface area (Å²) in [4.78, 5) is 57.0. The van der Waals surface area contributed by atoms with E-state index in [-0.39, 0.29) is 44.2 Å². The minimum absolute atomic E-state index is 0.0148. The Morgan fingerprint density at radius 2 is 1.82 bits per heavy atom. The first-order chi connectivity index (χ1) is 18.4. The largest absolute Gasteiger partial charge is 0.391 e. The number of rotatable bonds is 11. The Kier molecular flexibility index (Phi) is 10.2. The van der Waals surface area contributed by atoms with E-state index in [0.29, 0.717) is 12.8 Å². The van der Waals surface area contributed by atoms with Crippen molar-refractivity contribution in [1.29, 1.82) is 0 Å². The van der Waals surface area contributed by atoms with Crippen molar-refractivity contribution in [3.05, 3.63) is 41.0 Å². The molecule has 1 saturated heterocycles. The molecule has 1 aliphatic rings. The third kappa shape index (κ3) is 8.34. The molecule has 1 fully saturated rings. The van der Waals surface area contributed by atoms with Gasteiger partial charge in [-0.1, -0.05) is 45.0 Å². The predicted molar refractivity (Wildman–Crippen MR) is 149 cm³/mol. The van der Waals surface area contributed by atoms with E-state index < -0.39 is 35.4 Å². The van der Waals surface area contributed by atoms with E-state index in [0.717, 1.165) is 21.7 Å². The van der Waals surface area contributed by atoms with Crippen LogP contribution in [0.25, 0.3) is 10.4 Å². The number of carbonyl (C=O) groups is 4. The number of β-amino-alcohol motifs (C(OH)–C–C–N with tert-alkyl or cyclic N) is 1. The zero-order valence-corrected chi connectivity index (χ0v) is 23.8. The van der Waals surface area contributed by atoms with Gasteiger partial charge in [0.05, 0.1) is 22.2 Å². The molecule has 0 unspecified atom stereocenters. The van der Waals surface area contributed by atoms with Crippen LogP contribution in [0.4, 0.5) is 0 Å². The fourth-order valence-corrected chi connectivity index (χ4v) is 5.41. The zero-order valence-electron chi connectivity index (χ0n) is 23.0. The number of benzene rings is 1. The van der Waals surface area contributed by atoms with Crippen molar-refractivity contribution in [3.8, 4) is 10.4 Å². The first kappa shape index (κ1) is 30.2. The normalized spacial score (nSPS) is 18.0. The number of primary amides is 1. The number of aromatic nitrogens is 1. The first-order valence-corrected chi connectivity index (χ1v) is 14.1. The summed E-state index contributed by atoms with van der Waals surface area (Å²) in [6, 6.07) is 6.13. The summed E-state index contributed by atoms with van der Waals surface area (Å²) < 4.78 is 0. The number of aliphatic hydroxyl groups excluding tert-OH is 1. The first-order valence-electron chi connectivity index (χ1n) is 13.2. The maximum Gasteiger partial charge on any atom is 0.246 e. The summed E-state index contributed by atoms with van der Waals surface area (Å²) in [6.45, 7) is 7.76. The lowest BCUT2D eigenvalue weighted by Crippen LogP contribution is -2.57. The molecule has 11 heteroatoms. The van der Waals surface area contributed by atoms with Crippen molar-refractivity contribution in [2.45, 2.75) is 84.5 Å². The van der Waals surface area contributed by atoms with Crippen molar-refractivity contribution >= 4 is 35.0 Å². The van der Waals surface area contributed by atoms with Crippen molar-refractivity contribution in [2.24, 2.45) is 11.1 Å². The van der Waals surface area contributed by atoms with Crippen molar-refractivity contribution in [1.82, 2.24) is 20.5 Å². The molecule has 2 heterocycles. The molecule has 3 atom stereocenters. The fraction of sp³-hybridized carbons (Fsp3) is 0.536. The van der Waals surface area contributed by atoms with Gasteiger partial charge < -0.3 is 26.4 Å². The molecule has 212 valence electrons. The van der Waals surface area contributed by atoms with E-state index in [1.165, 1.54) is 4.90 Å². The summed E-state index contributed by atoms with van der Waals surface area (Å²) in [5.41, 5.74) is 9.26. The molecule has 4 amide bonds. The molecule has 0 bridgehead atoms. The van der Waals surface area contributed by atoms with Crippen LogP contribution in [0.2, 0.25) is 0 Å². The molecule has 0 radical (unpaired) electrons. The molecular formula is C28H39N5O5S. The highest BCUT2D eigenvalue weighted by Crippen LogP contribution is 2.28. The standard InChI is InChI=1S/C28H39N5O5S/c1-17-24(39-16-31-17)19-11-9-18(10-12-19)14-30-26(37)21-13-20(34)15-33(21)27(38)25(28(2,3)4)32-23(36)8-6-5-7-22(29)35/h9-12,16,20-21,25,34H,5-8,13-15H2,1-4H3,(H2,29,35)(H,30,37)(H,32,36)/t20-,21+,25-/m1/s1. The fourth-order valence-electron chi connectivity index (χ4n) is 4.60. The summed E-state index contributed by atoms with van der Waals surface area (Å²) in [5.74, 6) is -1.50. The van der Waals surface area contributed by atoms with Gasteiger partial charge in [0.2, 0.25) is 23.6 Å². The van der Waals surface area contributed by atoms with Crippen LogP contribution in [-0.2, 0) is 25.7 Å². The van der Waals surface area contributed by atoms with Gasteiger partial charge in [0.15, 0.2) is 0 Å². The monoisotopic (exact) mass is 557 g/mol. The van der Waals surface area contributed by atoms with Gasteiger partial charge in [-0.3, -0.25) is 19.2 Å². The molecule has 0 aliphatic carbocycles. The van der Waals surface area contributed by atoms with Gasteiger partial charge >= 0.3 is 0 Å². The lowest BCUT2D eigenvalue weighted by atomic mass is 9.85. The lowest BCUT2D eigenvalue weighted by Gasteiger charge is -2.35. The minimum atomic E-state index is -0.885. The summed E-state index contributed by atoms with van der Waals surface area (Å²) in [6.07, 6.45) is 0.605. The Morgan fingerprint density at radius 1 is 1.15 bits per heavy atom. The Labute approximate surface area is 233 Å². The van der Waals surface area contributed by atoms with E-state index in [1.807, 2.05) is 57.5 Å². The van der Waals surface area contributed by atoms with Crippen LogP contribution in [0.15, 0.2) is 29.8 Å². The minimum Gasteiger partial charge on any atom is -0.391 e. The third-order valence-electron chi connectivity index (χ3n) is 6.79. The number of nitrogens with zero attached hydrogens (tertiary/aromatic N) is 2. The second-order valence-corrected chi connectivity index (χ2v) is 12.0. The quantitative estimate of drug-likeness (QED) is 0.311. The molecule has 0 saturated carbocycles. The Balaban J connectivity index is 1.62. The number of hydrogen-bond donors (Lipinski definition) is 4. The molecular weight excluding hydrogens is 518 g/mol. The zero-order chi connectivity index (χ0) is 28.7. The second-order valence-electron chi connectivity index (χ2n) is 11.1. The van der Waals surface area contributed by atoms with Crippen LogP contribution in [0, 0.1) is 12.3 Å². The van der Waals surface area contributed by atoms with E-state index >= 15 is 0 Å². The smallest absolute Gasteiger partial charge is 0.246 e. The van der Waals surface area contributed by atoms with Crippen LogP contribution >= 0.6 is 11.3 Å². The molecule has 39 heavy (non-hydrogen) atoms. The van der Waals surface area contributed by atoms with Gasteiger partial charge in [-0.2, -0.15) is 0 Å². The van der Waals surface area contributed by atoms with E-state index in [9.17, 15) is 24.3 Å². The number of aliphatic hydroxyl groups is 1. The van der Waals surface area contributed by atoms with Crippen LogP contribution in [0.3, 0.4) is 0 Å². The average Bonchev–Trinajstić information content (AvgIpc) is 3.48. The molecule has 5 N–H and O–H groups in total. The van der Waals surface area contributed by atoms with Gasteiger partial charge in [-0.15, -0.1) is 11.3 Å². The van der Waals surface area contributed by atoms with Crippen LogP contribution < -0.4 is 16.4 Å². The number of thiazole rings is 1. The molecule has 1 aromatic heterocycles. The number of amides is 4. The van der Waals surface area contributed by atoms with Crippen LogP contribution in [0.5, 0.6) is 0 Å². The number of nitrogens with two attached hydrogens (primary N) is 1. The Hall–Kier alpha value is -3.31. The third-order valence-corrected chi connectivity index (χ3v) is 7.77. The topological polar surface area (TPSA) is 155 Å². The van der Waals surface area contributed by atoms with Crippen LogP contribution in [-0.4, -0.2) is 63.4 Å². The maximum atomic E-state index is 13.6. The predicted octanol–water partition coefficient (Wildman–Crippen LogP) is 2.27. The summed E-state index contributed by atoms with van der Waals surface area (Å²) >= 11 is 1.57. The highest BCUT2D eigenvalue weighted by Gasteiger charge is 2.44. The highest BCUT2D eigenvalue weighted by atomic mass is 32.1. The number of unbranched alkanes of at least 4 members (excludes halogenated alkanes) is 1. The molecule has 0 spiro atoms. The molecule has 1 aliphatic heterocycles. The van der Waals surface area contributed by atoms with Gasteiger partial charge in [0.1, 0.15) is 12.1 Å². The number of carbonyl (C=O) groups excluding carboxylic acids is 4. The van der Waals surface area contributed by atoms with Gasteiger partial charge in [-0.25, -0.2) is 4.98 Å². The molecule has 10 nitrogen and oxygen atoms in total. The van der Waals surface area contributed by atoms with Gasteiger partial charge in [0.25, 0.3) is 0 Å². The van der Waals surface area contributed by atoms with Gasteiger partial charge in [-0.05, 0) is 36.3 Å². The number of likely N-dealkylation sites (tertiary alicyclic amines) is 1. The summed E-state index contributed by atoms with van der Waals surface area (Å²) in [5, 5.41) is 16.1. The van der Waals surface area contributed by atoms with Crippen molar-refractivity contribution < 1.29 is 24.3 Å². The molecule has 1 aromatic carbocycles. The number of aryl methyl sites for hydroxylation is 1. The average molecular weight is 558 g/mol. The Bertz CT molecular complexity index is 1170. The van der Waals surface area contributed by atoms with E-state index in [2.05, 4.69) is 15.6 Å². The number of nitrogens with one attached hydrogen (secondary N) is 2. The lowest BCUT2D eigenvalue weighted by molar-refractivity contribution is -0.144.